The number of hydrogen-bond donors (Lipinski definition) is 0. The van der Waals surface area contributed by atoms with Crippen LogP contribution in [0, 0.1) is 6.92 Å². The van der Waals surface area contributed by atoms with Crippen molar-refractivity contribution in [3.05, 3.63) is 59.7 Å². The summed E-state index contributed by atoms with van der Waals surface area (Å²) in [5, 5.41) is 0. The summed E-state index contributed by atoms with van der Waals surface area (Å²) < 4.78 is 10.3. The molecule has 2 rings (SSSR count). The minimum atomic E-state index is 0.302. The Hall–Kier alpha value is -1.48. The highest BCUT2D eigenvalue weighted by atomic mass is 79.9. The van der Waals surface area contributed by atoms with Crippen LogP contribution in [-0.2, 0) is 0 Å². The van der Waals surface area contributed by atoms with Gasteiger partial charge in [-0.05, 0) is 31.5 Å². The Morgan fingerprint density at radius 1 is 0.900 bits per heavy atom. The molecule has 0 aliphatic carbocycles. The van der Waals surface area contributed by atoms with Crippen molar-refractivity contribution in [3.8, 4) is 11.5 Å². The van der Waals surface area contributed by atoms with Gasteiger partial charge in [-0.3, -0.25) is 0 Å². The summed E-state index contributed by atoms with van der Waals surface area (Å²) >= 11 is 3.50. The molecule has 1 atom stereocenters. The van der Waals surface area contributed by atoms with E-state index in [1.54, 1.807) is 14.2 Å². The van der Waals surface area contributed by atoms with Gasteiger partial charge in [-0.1, -0.05) is 51.8 Å². The summed E-state index contributed by atoms with van der Waals surface area (Å²) in [6.07, 6.45) is 0. The summed E-state index contributed by atoms with van der Waals surface area (Å²) in [5.74, 6) is 1.64. The average molecular weight is 337 g/mol. The summed E-state index contributed by atoms with van der Waals surface area (Å²) in [6, 6.07) is 16.1. The molecule has 0 amide bonds. The van der Waals surface area contributed by atoms with E-state index in [1.807, 2.05) is 36.4 Å². The predicted molar refractivity (Wildman–Crippen MR) is 88.1 cm³/mol. The summed E-state index contributed by atoms with van der Waals surface area (Å²) in [4.78, 5) is 0.302. The third-order valence-electron chi connectivity index (χ3n) is 2.77. The highest BCUT2D eigenvalue weighted by Crippen LogP contribution is 2.29. The van der Waals surface area contributed by atoms with Crippen molar-refractivity contribution < 1.29 is 9.47 Å². The largest absolute Gasteiger partial charge is 0.497 e. The van der Waals surface area contributed by atoms with Crippen molar-refractivity contribution in [2.75, 3.05) is 14.2 Å². The minimum Gasteiger partial charge on any atom is -0.497 e. The van der Waals surface area contributed by atoms with E-state index in [2.05, 4.69) is 41.9 Å². The van der Waals surface area contributed by atoms with Gasteiger partial charge in [0.2, 0.25) is 0 Å². The van der Waals surface area contributed by atoms with Crippen LogP contribution in [-0.4, -0.2) is 14.2 Å². The molecule has 20 heavy (non-hydrogen) atoms. The number of halogens is 1. The van der Waals surface area contributed by atoms with E-state index in [-0.39, 0.29) is 0 Å². The van der Waals surface area contributed by atoms with Gasteiger partial charge >= 0.3 is 0 Å². The zero-order valence-electron chi connectivity index (χ0n) is 12.4. The van der Waals surface area contributed by atoms with E-state index >= 15 is 0 Å². The number of ether oxygens (including phenoxy) is 2. The van der Waals surface area contributed by atoms with Crippen molar-refractivity contribution in [1.29, 1.82) is 0 Å². The van der Waals surface area contributed by atoms with Crippen LogP contribution < -0.4 is 9.47 Å². The van der Waals surface area contributed by atoms with Crippen LogP contribution in [0.3, 0.4) is 0 Å². The first-order valence-corrected chi connectivity index (χ1v) is 7.37. The maximum atomic E-state index is 5.15. The Morgan fingerprint density at radius 2 is 1.40 bits per heavy atom. The predicted octanol–water partition coefficient (Wildman–Crippen LogP) is 5.15. The van der Waals surface area contributed by atoms with Gasteiger partial charge in [-0.2, -0.15) is 0 Å². The standard InChI is InChI=1S/C10H13BrO2.C7H8/c1-7(11)8-4-9(12-2)6-10(5-8)13-3;1-7-5-3-2-4-6-7/h4-7H,1-3H3;2-6H,1H3. The molecule has 2 aromatic rings. The number of hydrogen-bond acceptors (Lipinski definition) is 2. The molecule has 0 aliphatic heterocycles. The van der Waals surface area contributed by atoms with Crippen LogP contribution in [0.15, 0.2) is 48.5 Å². The Kier molecular flexibility index (Phi) is 7.16. The quantitative estimate of drug-likeness (QED) is 0.721. The molecule has 0 aromatic heterocycles. The summed E-state index contributed by atoms with van der Waals surface area (Å²) in [7, 11) is 3.30. The molecule has 2 aromatic carbocycles. The molecular formula is C17H21BrO2. The molecule has 0 bridgehead atoms. The molecule has 0 spiro atoms. The first-order valence-electron chi connectivity index (χ1n) is 6.45. The summed E-state index contributed by atoms with van der Waals surface area (Å²) in [6.45, 7) is 4.15. The lowest BCUT2D eigenvalue weighted by Crippen LogP contribution is -1.91. The molecule has 0 radical (unpaired) electrons. The van der Waals surface area contributed by atoms with Gasteiger partial charge in [0.25, 0.3) is 0 Å². The van der Waals surface area contributed by atoms with Crippen molar-refractivity contribution in [1.82, 2.24) is 0 Å². The third kappa shape index (κ3) is 5.66. The average Bonchev–Trinajstić information content (AvgIpc) is 2.48. The lowest BCUT2D eigenvalue weighted by atomic mass is 10.1. The van der Waals surface area contributed by atoms with Crippen LogP contribution in [0.4, 0.5) is 0 Å². The fourth-order valence-corrected chi connectivity index (χ4v) is 1.86. The second-order valence-corrected chi connectivity index (χ2v) is 5.79. The minimum absolute atomic E-state index is 0.302. The molecule has 108 valence electrons. The Morgan fingerprint density at radius 3 is 1.70 bits per heavy atom. The van der Waals surface area contributed by atoms with Crippen molar-refractivity contribution in [3.63, 3.8) is 0 Å². The van der Waals surface area contributed by atoms with E-state index in [4.69, 9.17) is 9.47 Å². The van der Waals surface area contributed by atoms with Crippen LogP contribution in [0.1, 0.15) is 22.9 Å². The molecule has 0 heterocycles. The summed E-state index contributed by atoms with van der Waals surface area (Å²) in [5.41, 5.74) is 2.47. The molecule has 0 N–H and O–H groups in total. The third-order valence-corrected chi connectivity index (χ3v) is 3.30. The smallest absolute Gasteiger partial charge is 0.122 e. The fourth-order valence-electron chi connectivity index (χ4n) is 1.59. The Bertz CT molecular complexity index is 487. The second kappa shape index (κ2) is 8.64. The molecule has 3 heteroatoms. The number of benzene rings is 2. The van der Waals surface area contributed by atoms with Crippen LogP contribution >= 0.6 is 15.9 Å². The first-order chi connectivity index (χ1) is 9.56. The zero-order valence-corrected chi connectivity index (χ0v) is 14.0. The van der Waals surface area contributed by atoms with Crippen LogP contribution in [0.25, 0.3) is 0 Å². The SMILES string of the molecule is COc1cc(OC)cc(C(C)Br)c1.Cc1ccccc1. The van der Waals surface area contributed by atoms with Gasteiger partial charge in [0.15, 0.2) is 0 Å². The van der Waals surface area contributed by atoms with Gasteiger partial charge in [0.1, 0.15) is 11.5 Å². The van der Waals surface area contributed by atoms with Crippen molar-refractivity contribution in [2.24, 2.45) is 0 Å². The van der Waals surface area contributed by atoms with E-state index in [1.165, 1.54) is 5.56 Å². The number of rotatable bonds is 3. The number of alkyl halides is 1. The van der Waals surface area contributed by atoms with Crippen LogP contribution in [0.2, 0.25) is 0 Å². The highest BCUT2D eigenvalue weighted by Gasteiger charge is 2.05. The van der Waals surface area contributed by atoms with Crippen molar-refractivity contribution >= 4 is 15.9 Å². The Labute approximate surface area is 129 Å². The van der Waals surface area contributed by atoms with E-state index in [9.17, 15) is 0 Å². The van der Waals surface area contributed by atoms with Gasteiger partial charge in [0, 0.05) is 10.9 Å². The van der Waals surface area contributed by atoms with E-state index < -0.39 is 0 Å². The van der Waals surface area contributed by atoms with Crippen molar-refractivity contribution in [2.45, 2.75) is 18.7 Å². The van der Waals surface area contributed by atoms with Gasteiger partial charge in [-0.25, -0.2) is 0 Å². The molecule has 0 saturated heterocycles. The Balaban J connectivity index is 0.000000240. The highest BCUT2D eigenvalue weighted by molar-refractivity contribution is 9.09. The van der Waals surface area contributed by atoms with Crippen LogP contribution in [0.5, 0.6) is 11.5 Å². The lowest BCUT2D eigenvalue weighted by Gasteiger charge is -2.09. The normalized spacial score (nSPS) is 11.1. The molecule has 0 fully saturated rings. The van der Waals surface area contributed by atoms with E-state index in [0.29, 0.717) is 4.83 Å². The zero-order chi connectivity index (χ0) is 15.0. The van der Waals surface area contributed by atoms with Gasteiger partial charge < -0.3 is 9.47 Å². The molecule has 0 saturated carbocycles. The molecule has 1 unspecified atom stereocenters. The maximum Gasteiger partial charge on any atom is 0.122 e. The monoisotopic (exact) mass is 336 g/mol. The molecular weight excluding hydrogens is 316 g/mol. The number of methoxy groups -OCH3 is 2. The fraction of sp³-hybridized carbons (Fsp3) is 0.294. The van der Waals surface area contributed by atoms with Gasteiger partial charge in [0.05, 0.1) is 14.2 Å². The first kappa shape index (κ1) is 16.6. The van der Waals surface area contributed by atoms with Gasteiger partial charge in [-0.15, -0.1) is 0 Å². The lowest BCUT2D eigenvalue weighted by molar-refractivity contribution is 0.393. The molecule has 0 aliphatic rings. The maximum absolute atomic E-state index is 5.15. The van der Waals surface area contributed by atoms with E-state index in [0.717, 1.165) is 17.1 Å². The second-order valence-electron chi connectivity index (χ2n) is 4.42. The number of aryl methyl sites for hydroxylation is 1. The topological polar surface area (TPSA) is 18.5 Å². The molecule has 2 nitrogen and oxygen atoms in total.